The van der Waals surface area contributed by atoms with Gasteiger partial charge >= 0.3 is 11.9 Å². The van der Waals surface area contributed by atoms with Gasteiger partial charge in [-0.3, -0.25) is 9.59 Å². The number of hydrogen-bond acceptors (Lipinski definition) is 3. The number of hydrogen-bond donors (Lipinski definition) is 1. The molecular weight excluding hydrogens is 424 g/mol. The van der Waals surface area contributed by atoms with Gasteiger partial charge in [-0.2, -0.15) is 0 Å². The van der Waals surface area contributed by atoms with Gasteiger partial charge < -0.3 is 9.84 Å². The van der Waals surface area contributed by atoms with Gasteiger partial charge in [0.2, 0.25) is 0 Å². The van der Waals surface area contributed by atoms with Gasteiger partial charge in [-0.1, -0.05) is 109 Å². The normalized spacial score (nSPS) is 12.3. The van der Waals surface area contributed by atoms with Gasteiger partial charge in [0.25, 0.3) is 0 Å². The third-order valence-electron chi connectivity index (χ3n) is 6.47. The topological polar surface area (TPSA) is 63.6 Å². The maximum atomic E-state index is 12.1. The van der Waals surface area contributed by atoms with Crippen molar-refractivity contribution in [2.45, 2.75) is 168 Å². The van der Waals surface area contributed by atoms with E-state index in [9.17, 15) is 9.59 Å². The number of aliphatic carboxylic acids is 1. The van der Waals surface area contributed by atoms with Gasteiger partial charge in [0.15, 0.2) is 0 Å². The maximum absolute atomic E-state index is 12.1. The van der Waals surface area contributed by atoms with E-state index < -0.39 is 5.97 Å². The van der Waals surface area contributed by atoms with Crippen LogP contribution in [-0.4, -0.2) is 23.1 Å². The van der Waals surface area contributed by atoms with E-state index in [4.69, 9.17) is 9.84 Å². The second kappa shape index (κ2) is 26.3. The predicted octanol–water partition coefficient (Wildman–Crippen LogP) is 9.55. The summed E-state index contributed by atoms with van der Waals surface area (Å²) in [6.07, 6.45) is 30.2. The van der Waals surface area contributed by atoms with Crippen molar-refractivity contribution in [3.63, 3.8) is 0 Å². The van der Waals surface area contributed by atoms with Gasteiger partial charge in [0.1, 0.15) is 6.10 Å². The Morgan fingerprint density at radius 3 is 1.62 bits per heavy atom. The minimum absolute atomic E-state index is 0.116. The number of carbonyl (C=O) groups is 2. The summed E-state index contributed by atoms with van der Waals surface area (Å²) in [5.74, 6) is -0.900. The second-order valence-electron chi connectivity index (χ2n) is 9.94. The van der Waals surface area contributed by atoms with Gasteiger partial charge in [-0.25, -0.2) is 0 Å². The molecule has 0 saturated heterocycles. The molecule has 0 aliphatic carbocycles. The van der Waals surface area contributed by atoms with E-state index in [-0.39, 0.29) is 18.5 Å². The molecule has 0 saturated carbocycles. The third kappa shape index (κ3) is 25.3. The Balaban J connectivity index is 3.43. The van der Waals surface area contributed by atoms with Crippen molar-refractivity contribution in [1.29, 1.82) is 0 Å². The quantitative estimate of drug-likeness (QED) is 0.0760. The van der Waals surface area contributed by atoms with Crippen LogP contribution in [-0.2, 0) is 14.3 Å². The van der Waals surface area contributed by atoms with E-state index >= 15 is 0 Å². The molecule has 0 aliphatic rings. The molecular formula is C30H56O4. The van der Waals surface area contributed by atoms with Crippen molar-refractivity contribution in [1.82, 2.24) is 0 Å². The number of allylic oxidation sites excluding steroid dienone is 2. The van der Waals surface area contributed by atoms with Crippen LogP contribution in [0.4, 0.5) is 0 Å². The average Bonchev–Trinajstić information content (AvgIpc) is 2.80. The van der Waals surface area contributed by atoms with E-state index in [0.29, 0.717) is 19.3 Å². The number of carbonyl (C=O) groups excluding carboxylic acids is 1. The molecule has 0 heterocycles. The van der Waals surface area contributed by atoms with E-state index in [2.05, 4.69) is 26.0 Å². The fourth-order valence-electron chi connectivity index (χ4n) is 4.36. The molecule has 0 aliphatic heterocycles. The van der Waals surface area contributed by atoms with E-state index in [1.54, 1.807) is 0 Å². The SMILES string of the molecule is CCCCCCCC/C=C\CCCCCCCCCCCC(=O)OC(CCC)CCCC(=O)O. The first-order chi connectivity index (χ1) is 16.6. The van der Waals surface area contributed by atoms with Crippen molar-refractivity contribution < 1.29 is 19.4 Å². The summed E-state index contributed by atoms with van der Waals surface area (Å²) in [7, 11) is 0. The van der Waals surface area contributed by atoms with Crippen LogP contribution in [0, 0.1) is 0 Å². The van der Waals surface area contributed by atoms with Gasteiger partial charge in [-0.15, -0.1) is 0 Å². The summed E-state index contributed by atoms with van der Waals surface area (Å²) >= 11 is 0. The highest BCUT2D eigenvalue weighted by Crippen LogP contribution is 2.15. The van der Waals surface area contributed by atoms with Crippen LogP contribution in [0.25, 0.3) is 0 Å². The molecule has 0 amide bonds. The average molecular weight is 481 g/mol. The van der Waals surface area contributed by atoms with Crippen molar-refractivity contribution in [3.05, 3.63) is 12.2 Å². The lowest BCUT2D eigenvalue weighted by Gasteiger charge is -2.17. The summed E-state index contributed by atoms with van der Waals surface area (Å²) in [5.41, 5.74) is 0. The lowest BCUT2D eigenvalue weighted by atomic mass is 10.1. The lowest BCUT2D eigenvalue weighted by Crippen LogP contribution is -2.18. The predicted molar refractivity (Wildman–Crippen MR) is 144 cm³/mol. The molecule has 0 bridgehead atoms. The molecule has 0 rings (SSSR count). The monoisotopic (exact) mass is 480 g/mol. The second-order valence-corrected chi connectivity index (χ2v) is 9.94. The van der Waals surface area contributed by atoms with Crippen molar-refractivity contribution >= 4 is 11.9 Å². The van der Waals surface area contributed by atoms with Crippen LogP contribution in [0.2, 0.25) is 0 Å². The van der Waals surface area contributed by atoms with Crippen LogP contribution in [0.1, 0.15) is 162 Å². The Bertz CT molecular complexity index is 486. The number of carboxylic acid groups (broad SMARTS) is 1. The summed E-state index contributed by atoms with van der Waals surface area (Å²) < 4.78 is 5.57. The van der Waals surface area contributed by atoms with Crippen LogP contribution < -0.4 is 0 Å². The highest BCUT2D eigenvalue weighted by molar-refractivity contribution is 5.69. The van der Waals surface area contributed by atoms with E-state index in [1.807, 2.05) is 0 Å². The fourth-order valence-corrected chi connectivity index (χ4v) is 4.36. The first-order valence-electron chi connectivity index (χ1n) is 14.7. The number of rotatable bonds is 26. The van der Waals surface area contributed by atoms with Crippen molar-refractivity contribution in [2.75, 3.05) is 0 Å². The standard InChI is InChI=1S/C30H56O4/c1-3-5-6-7-8-9-10-11-12-13-14-15-16-17-18-19-20-21-22-27-30(33)34-28(24-4-2)25-23-26-29(31)32/h11-12,28H,3-10,13-27H2,1-2H3,(H,31,32)/b12-11-. The Morgan fingerprint density at radius 1 is 0.618 bits per heavy atom. The maximum Gasteiger partial charge on any atom is 0.306 e. The first-order valence-corrected chi connectivity index (χ1v) is 14.7. The molecule has 200 valence electrons. The molecule has 4 heteroatoms. The van der Waals surface area contributed by atoms with Gasteiger partial charge in [-0.05, 0) is 51.4 Å². The van der Waals surface area contributed by atoms with Gasteiger partial charge in [0.05, 0.1) is 0 Å². The minimum atomic E-state index is -0.784. The van der Waals surface area contributed by atoms with Crippen LogP contribution in [0.15, 0.2) is 12.2 Å². The molecule has 0 spiro atoms. The Hall–Kier alpha value is -1.32. The minimum Gasteiger partial charge on any atom is -0.481 e. The van der Waals surface area contributed by atoms with Crippen molar-refractivity contribution in [2.24, 2.45) is 0 Å². The molecule has 4 nitrogen and oxygen atoms in total. The summed E-state index contributed by atoms with van der Waals surface area (Å²) in [4.78, 5) is 22.7. The van der Waals surface area contributed by atoms with Crippen LogP contribution >= 0.6 is 0 Å². The number of unbranched alkanes of at least 4 members (excludes halogenated alkanes) is 15. The third-order valence-corrected chi connectivity index (χ3v) is 6.47. The smallest absolute Gasteiger partial charge is 0.306 e. The largest absolute Gasteiger partial charge is 0.481 e. The van der Waals surface area contributed by atoms with Crippen LogP contribution in [0.5, 0.6) is 0 Å². The molecule has 1 N–H and O–H groups in total. The highest BCUT2D eigenvalue weighted by atomic mass is 16.5. The molecule has 0 fully saturated rings. The Morgan fingerprint density at radius 2 is 1.12 bits per heavy atom. The highest BCUT2D eigenvalue weighted by Gasteiger charge is 2.14. The van der Waals surface area contributed by atoms with Gasteiger partial charge in [0, 0.05) is 12.8 Å². The van der Waals surface area contributed by atoms with Crippen LogP contribution in [0.3, 0.4) is 0 Å². The fraction of sp³-hybridized carbons (Fsp3) is 0.867. The molecule has 1 unspecified atom stereocenters. The van der Waals surface area contributed by atoms with E-state index in [1.165, 1.54) is 96.3 Å². The first kappa shape index (κ1) is 32.7. The zero-order chi connectivity index (χ0) is 25.1. The summed E-state index contributed by atoms with van der Waals surface area (Å²) in [5, 5.41) is 8.75. The zero-order valence-electron chi connectivity index (χ0n) is 22.7. The molecule has 0 aromatic heterocycles. The Kier molecular flexibility index (Phi) is 25.3. The number of carboxylic acids is 1. The summed E-state index contributed by atoms with van der Waals surface area (Å²) in [6.45, 7) is 4.33. The lowest BCUT2D eigenvalue weighted by molar-refractivity contribution is -0.150. The molecule has 0 aromatic rings. The number of esters is 1. The van der Waals surface area contributed by atoms with Crippen molar-refractivity contribution in [3.8, 4) is 0 Å². The Labute approximate surface area is 211 Å². The molecule has 0 radical (unpaired) electrons. The summed E-state index contributed by atoms with van der Waals surface area (Å²) in [6, 6.07) is 0. The van der Waals surface area contributed by atoms with E-state index in [0.717, 1.165) is 25.7 Å². The molecule has 0 aromatic carbocycles. The number of ether oxygens (including phenoxy) is 1. The molecule has 1 atom stereocenters. The molecule has 34 heavy (non-hydrogen) atoms. The zero-order valence-corrected chi connectivity index (χ0v) is 22.7.